The first kappa shape index (κ1) is 24.2. The Morgan fingerprint density at radius 2 is 2.00 bits per heavy atom. The molecule has 31 heavy (non-hydrogen) atoms. The SMILES string of the molecule is CC(C)(C)OC(=O)NCCC(=O)N=C1S[C@@H]2CS(=O)(=O)C[C@@H]2N1c1ccc(Cl)cc1Cl. The average Bonchev–Trinajstić information content (AvgIpc) is 3.04. The van der Waals surface area contributed by atoms with E-state index in [-0.39, 0.29) is 35.8 Å². The number of halogens is 2. The van der Waals surface area contributed by atoms with Crippen molar-refractivity contribution in [2.45, 2.75) is 44.1 Å². The molecule has 0 spiro atoms. The molecule has 2 amide bonds. The molecular formula is C19H23Cl2N3O5S2. The van der Waals surface area contributed by atoms with Crippen LogP contribution in [0.2, 0.25) is 10.0 Å². The van der Waals surface area contributed by atoms with Crippen LogP contribution in [-0.2, 0) is 19.4 Å². The first-order valence-corrected chi connectivity index (χ1v) is 13.0. The maximum absolute atomic E-state index is 12.4. The Balaban J connectivity index is 1.75. The Hall–Kier alpha value is -1.49. The van der Waals surface area contributed by atoms with Crippen molar-refractivity contribution in [3.05, 3.63) is 28.2 Å². The zero-order chi connectivity index (χ0) is 23.0. The van der Waals surface area contributed by atoms with E-state index in [1.165, 1.54) is 11.8 Å². The number of nitrogens with zero attached hydrogens (tertiary/aromatic N) is 2. The number of amides is 2. The number of aliphatic imine (C=N–C) groups is 1. The second kappa shape index (κ2) is 9.17. The van der Waals surface area contributed by atoms with E-state index in [0.717, 1.165) is 0 Å². The van der Waals surface area contributed by atoms with Crippen LogP contribution in [0.25, 0.3) is 0 Å². The Bertz CT molecular complexity index is 1020. The minimum absolute atomic E-state index is 0.0114. The summed E-state index contributed by atoms with van der Waals surface area (Å²) < 4.78 is 29.4. The van der Waals surface area contributed by atoms with Gasteiger partial charge in [0.2, 0.25) is 5.91 Å². The number of anilines is 1. The molecule has 1 aromatic carbocycles. The smallest absolute Gasteiger partial charge is 0.407 e. The van der Waals surface area contributed by atoms with Gasteiger partial charge in [0, 0.05) is 23.2 Å². The van der Waals surface area contributed by atoms with E-state index in [1.54, 1.807) is 43.9 Å². The van der Waals surface area contributed by atoms with Crippen molar-refractivity contribution in [2.75, 3.05) is 23.0 Å². The number of rotatable bonds is 4. The molecule has 0 aliphatic carbocycles. The fraction of sp³-hybridized carbons (Fsp3) is 0.526. The highest BCUT2D eigenvalue weighted by Gasteiger charge is 2.49. The molecule has 0 radical (unpaired) electrons. The number of sulfone groups is 1. The minimum atomic E-state index is -3.19. The van der Waals surface area contributed by atoms with Crippen LogP contribution in [-0.4, -0.2) is 60.5 Å². The van der Waals surface area contributed by atoms with Crippen LogP contribution in [0.15, 0.2) is 23.2 Å². The second-order valence-corrected chi connectivity index (χ2v) is 12.4. The summed E-state index contributed by atoms with van der Waals surface area (Å²) >= 11 is 13.6. The summed E-state index contributed by atoms with van der Waals surface area (Å²) in [5, 5.41) is 3.44. The number of amidine groups is 1. The molecule has 0 aromatic heterocycles. The average molecular weight is 508 g/mol. The minimum Gasteiger partial charge on any atom is -0.444 e. The third kappa shape index (κ3) is 6.27. The number of carbonyl (C=O) groups excluding carboxylic acids is 2. The predicted octanol–water partition coefficient (Wildman–Crippen LogP) is 3.51. The van der Waals surface area contributed by atoms with Gasteiger partial charge in [-0.15, -0.1) is 0 Å². The van der Waals surface area contributed by atoms with Gasteiger partial charge in [-0.3, -0.25) is 4.79 Å². The number of hydrogen-bond acceptors (Lipinski definition) is 6. The quantitative estimate of drug-likeness (QED) is 0.664. The van der Waals surface area contributed by atoms with Gasteiger partial charge in [-0.25, -0.2) is 13.2 Å². The molecule has 2 aliphatic rings. The number of fused-ring (bicyclic) bond motifs is 1. The van der Waals surface area contributed by atoms with Gasteiger partial charge in [0.25, 0.3) is 0 Å². The number of carbonyl (C=O) groups is 2. The molecule has 2 atom stereocenters. The standard InChI is InChI=1S/C19H23Cl2N3O5S2/c1-19(2,3)29-18(26)22-7-6-16(25)23-17-24(13-5-4-11(20)8-12(13)21)14-9-31(27,28)10-15(14)30-17/h4-5,8,14-15H,6-7,9-10H2,1-3H3,(H,22,26)/t14-,15+/m0/s1. The first-order valence-electron chi connectivity index (χ1n) is 9.54. The highest BCUT2D eigenvalue weighted by Crippen LogP contribution is 2.43. The van der Waals surface area contributed by atoms with Crippen LogP contribution in [0.5, 0.6) is 0 Å². The van der Waals surface area contributed by atoms with E-state index in [0.29, 0.717) is 20.9 Å². The molecule has 0 bridgehead atoms. The summed E-state index contributed by atoms with van der Waals surface area (Å²) in [4.78, 5) is 30.0. The van der Waals surface area contributed by atoms with Gasteiger partial charge in [0.15, 0.2) is 15.0 Å². The molecule has 8 nitrogen and oxygen atoms in total. The van der Waals surface area contributed by atoms with E-state index in [9.17, 15) is 18.0 Å². The van der Waals surface area contributed by atoms with Gasteiger partial charge in [-0.05, 0) is 39.0 Å². The molecule has 0 unspecified atom stereocenters. The normalized spacial score (nSPS) is 23.6. The lowest BCUT2D eigenvalue weighted by Crippen LogP contribution is -2.38. The number of thioether (sulfide) groups is 1. The van der Waals surface area contributed by atoms with Crippen molar-refractivity contribution in [1.82, 2.24) is 5.32 Å². The summed E-state index contributed by atoms with van der Waals surface area (Å²) in [6.45, 7) is 5.30. The van der Waals surface area contributed by atoms with Crippen LogP contribution < -0.4 is 10.2 Å². The van der Waals surface area contributed by atoms with Gasteiger partial charge in [-0.2, -0.15) is 4.99 Å². The molecule has 1 N–H and O–H groups in total. The summed E-state index contributed by atoms with van der Waals surface area (Å²) in [6, 6.07) is 4.52. The Labute approximate surface area is 195 Å². The van der Waals surface area contributed by atoms with Gasteiger partial charge < -0.3 is 15.0 Å². The molecule has 2 fully saturated rings. The molecule has 170 valence electrons. The summed E-state index contributed by atoms with van der Waals surface area (Å²) in [6.07, 6.45) is -0.642. The lowest BCUT2D eigenvalue weighted by Gasteiger charge is -2.25. The number of alkyl carbamates (subject to hydrolysis) is 1. The van der Waals surface area contributed by atoms with Crippen LogP contribution in [0, 0.1) is 0 Å². The molecule has 2 aliphatic heterocycles. The van der Waals surface area contributed by atoms with Gasteiger partial charge in [-0.1, -0.05) is 35.0 Å². The summed E-state index contributed by atoms with van der Waals surface area (Å²) in [7, 11) is -3.19. The molecule has 3 rings (SSSR count). The topological polar surface area (TPSA) is 105 Å². The van der Waals surface area contributed by atoms with E-state index >= 15 is 0 Å². The monoisotopic (exact) mass is 507 g/mol. The predicted molar refractivity (Wildman–Crippen MR) is 124 cm³/mol. The Morgan fingerprint density at radius 3 is 2.65 bits per heavy atom. The summed E-state index contributed by atoms with van der Waals surface area (Å²) in [5.41, 5.74) is -0.0905. The van der Waals surface area contributed by atoms with Crippen molar-refractivity contribution >= 4 is 67.7 Å². The molecule has 0 saturated carbocycles. The van der Waals surface area contributed by atoms with E-state index in [1.807, 2.05) is 0 Å². The number of benzene rings is 1. The van der Waals surface area contributed by atoms with Gasteiger partial charge >= 0.3 is 6.09 Å². The number of ether oxygens (including phenoxy) is 1. The third-order valence-corrected chi connectivity index (χ3v) is 8.21. The highest BCUT2D eigenvalue weighted by molar-refractivity contribution is 8.16. The maximum Gasteiger partial charge on any atom is 0.407 e. The Kier molecular flexibility index (Phi) is 7.15. The zero-order valence-corrected chi connectivity index (χ0v) is 20.4. The van der Waals surface area contributed by atoms with Gasteiger partial charge in [0.05, 0.1) is 28.3 Å². The maximum atomic E-state index is 12.4. The molecule has 2 saturated heterocycles. The largest absolute Gasteiger partial charge is 0.444 e. The van der Waals surface area contributed by atoms with Crippen LogP contribution in [0.4, 0.5) is 10.5 Å². The van der Waals surface area contributed by atoms with Crippen molar-refractivity contribution in [1.29, 1.82) is 0 Å². The number of hydrogen-bond donors (Lipinski definition) is 1. The lowest BCUT2D eigenvalue weighted by molar-refractivity contribution is -0.117. The number of nitrogens with one attached hydrogen (secondary N) is 1. The van der Waals surface area contributed by atoms with Crippen molar-refractivity contribution in [3.8, 4) is 0 Å². The van der Waals surface area contributed by atoms with Crippen molar-refractivity contribution in [2.24, 2.45) is 4.99 Å². The first-order chi connectivity index (χ1) is 14.3. The highest BCUT2D eigenvalue weighted by atomic mass is 35.5. The fourth-order valence-electron chi connectivity index (χ4n) is 3.27. The Morgan fingerprint density at radius 1 is 1.29 bits per heavy atom. The molecular weight excluding hydrogens is 485 g/mol. The lowest BCUT2D eigenvalue weighted by atomic mass is 10.2. The van der Waals surface area contributed by atoms with Crippen molar-refractivity contribution < 1.29 is 22.7 Å². The van der Waals surface area contributed by atoms with Crippen LogP contribution in [0.3, 0.4) is 0 Å². The molecule has 2 heterocycles. The van der Waals surface area contributed by atoms with E-state index in [2.05, 4.69) is 10.3 Å². The van der Waals surface area contributed by atoms with E-state index in [4.69, 9.17) is 27.9 Å². The van der Waals surface area contributed by atoms with E-state index < -0.39 is 27.4 Å². The molecule has 1 aromatic rings. The van der Waals surface area contributed by atoms with Crippen LogP contribution >= 0.6 is 35.0 Å². The summed E-state index contributed by atoms with van der Waals surface area (Å²) in [5.74, 6) is -0.481. The van der Waals surface area contributed by atoms with Gasteiger partial charge in [0.1, 0.15) is 5.60 Å². The molecule has 12 heteroatoms. The second-order valence-electron chi connectivity index (χ2n) is 8.23. The van der Waals surface area contributed by atoms with Crippen LogP contribution in [0.1, 0.15) is 27.2 Å². The fourth-order valence-corrected chi connectivity index (χ4v) is 7.69. The third-order valence-electron chi connectivity index (χ3n) is 4.46. The zero-order valence-electron chi connectivity index (χ0n) is 17.2. The van der Waals surface area contributed by atoms with Crippen molar-refractivity contribution in [3.63, 3.8) is 0 Å².